The summed E-state index contributed by atoms with van der Waals surface area (Å²) in [4.78, 5) is 3.62. The zero-order valence-corrected chi connectivity index (χ0v) is 7.12. The largest absolute Gasteiger partial charge is 0.383 e. The van der Waals surface area contributed by atoms with Crippen LogP contribution in [0, 0.1) is 0 Å². The molecule has 0 aromatic heterocycles. The van der Waals surface area contributed by atoms with Gasteiger partial charge in [-0.05, 0) is 12.1 Å². The number of aliphatic hydroxyl groups excluding tert-OH is 1. The number of nitrogens with zero attached hydrogens (tertiary/aromatic N) is 1. The predicted octanol–water partition coefficient (Wildman–Crippen LogP) is 0.995. The Kier molecular flexibility index (Phi) is 3.08. The molecule has 0 atom stereocenters. The van der Waals surface area contributed by atoms with Gasteiger partial charge in [0, 0.05) is 5.56 Å². The monoisotopic (exact) mass is 184 g/mol. The van der Waals surface area contributed by atoms with Crippen molar-refractivity contribution in [1.82, 2.24) is 0 Å². The molecular weight excluding hydrogens is 176 g/mol. The molecule has 0 bridgehead atoms. The van der Waals surface area contributed by atoms with E-state index in [-0.39, 0.29) is 12.6 Å². The van der Waals surface area contributed by atoms with Crippen LogP contribution in [-0.2, 0) is 0 Å². The zero-order valence-electron chi connectivity index (χ0n) is 6.37. The average Bonchev–Trinajstić information content (AvgIpc) is 2.05. The summed E-state index contributed by atoms with van der Waals surface area (Å²) in [6.45, 7) is -0.322. The molecule has 1 aromatic rings. The Balaban J connectivity index is 3.02. The van der Waals surface area contributed by atoms with E-state index in [1.165, 1.54) is 0 Å². The number of aliphatic imine (C=N–C) groups is 1. The van der Waals surface area contributed by atoms with E-state index < -0.39 is 0 Å². The molecule has 0 aliphatic carbocycles. The lowest BCUT2D eigenvalue weighted by atomic mass is 10.2. The number of nitrogens with two attached hydrogens (primary N) is 1. The lowest BCUT2D eigenvalue weighted by Crippen LogP contribution is -2.14. The second kappa shape index (κ2) is 4.09. The minimum Gasteiger partial charge on any atom is -0.383 e. The van der Waals surface area contributed by atoms with Gasteiger partial charge in [0.1, 0.15) is 12.6 Å². The first-order valence-electron chi connectivity index (χ1n) is 3.41. The van der Waals surface area contributed by atoms with Crippen LogP contribution in [-0.4, -0.2) is 17.7 Å². The lowest BCUT2D eigenvalue weighted by Gasteiger charge is -2.01. The van der Waals surface area contributed by atoms with Crippen molar-refractivity contribution in [1.29, 1.82) is 0 Å². The van der Waals surface area contributed by atoms with E-state index in [9.17, 15) is 0 Å². The van der Waals surface area contributed by atoms with E-state index in [2.05, 4.69) is 4.99 Å². The number of aliphatic hydroxyl groups is 1. The molecule has 3 nitrogen and oxygen atoms in total. The molecule has 0 aliphatic heterocycles. The van der Waals surface area contributed by atoms with Gasteiger partial charge >= 0.3 is 0 Å². The Hall–Kier alpha value is -1.06. The molecule has 0 fully saturated rings. The minimum absolute atomic E-state index is 0.253. The van der Waals surface area contributed by atoms with Crippen LogP contribution in [0.25, 0.3) is 0 Å². The molecule has 0 radical (unpaired) electrons. The lowest BCUT2D eigenvalue weighted by molar-refractivity contribution is 0.309. The highest BCUT2D eigenvalue weighted by Crippen LogP contribution is 2.13. The topological polar surface area (TPSA) is 58.6 Å². The summed E-state index contributed by atoms with van der Waals surface area (Å²) >= 11 is 5.81. The highest BCUT2D eigenvalue weighted by atomic mass is 35.5. The third-order valence-corrected chi connectivity index (χ3v) is 1.72. The van der Waals surface area contributed by atoms with Gasteiger partial charge in [-0.25, -0.2) is 4.99 Å². The quantitative estimate of drug-likeness (QED) is 0.532. The third kappa shape index (κ3) is 1.96. The van der Waals surface area contributed by atoms with Crippen LogP contribution in [0.15, 0.2) is 29.3 Å². The molecule has 1 aromatic carbocycles. The van der Waals surface area contributed by atoms with E-state index in [1.807, 2.05) is 0 Å². The smallest absolute Gasteiger partial charge is 0.136 e. The van der Waals surface area contributed by atoms with Gasteiger partial charge < -0.3 is 10.8 Å². The minimum atomic E-state index is -0.322. The number of amidine groups is 1. The van der Waals surface area contributed by atoms with Crippen LogP contribution in [0.3, 0.4) is 0 Å². The first-order chi connectivity index (χ1) is 5.75. The van der Waals surface area contributed by atoms with E-state index in [0.717, 1.165) is 0 Å². The highest BCUT2D eigenvalue weighted by Gasteiger charge is 2.01. The van der Waals surface area contributed by atoms with E-state index >= 15 is 0 Å². The van der Waals surface area contributed by atoms with Crippen molar-refractivity contribution in [2.75, 3.05) is 6.73 Å². The maximum absolute atomic E-state index is 8.48. The van der Waals surface area contributed by atoms with Gasteiger partial charge in [-0.3, -0.25) is 0 Å². The summed E-state index contributed by atoms with van der Waals surface area (Å²) in [6.07, 6.45) is 0. The molecule has 0 unspecified atom stereocenters. The van der Waals surface area contributed by atoms with Crippen LogP contribution in [0.5, 0.6) is 0 Å². The summed E-state index contributed by atoms with van der Waals surface area (Å²) in [5, 5.41) is 9.01. The molecule has 12 heavy (non-hydrogen) atoms. The van der Waals surface area contributed by atoms with Crippen LogP contribution in [0.4, 0.5) is 0 Å². The third-order valence-electron chi connectivity index (χ3n) is 1.39. The van der Waals surface area contributed by atoms with Crippen molar-refractivity contribution in [2.45, 2.75) is 0 Å². The van der Waals surface area contributed by atoms with Gasteiger partial charge in [-0.2, -0.15) is 0 Å². The maximum atomic E-state index is 8.48. The van der Waals surface area contributed by atoms with Gasteiger partial charge in [0.15, 0.2) is 0 Å². The summed E-state index contributed by atoms with van der Waals surface area (Å²) in [5.74, 6) is 0.253. The highest BCUT2D eigenvalue weighted by molar-refractivity contribution is 6.34. The van der Waals surface area contributed by atoms with Crippen molar-refractivity contribution in [3.8, 4) is 0 Å². The second-order valence-corrected chi connectivity index (χ2v) is 2.57. The van der Waals surface area contributed by atoms with Gasteiger partial charge in [0.25, 0.3) is 0 Å². The fourth-order valence-electron chi connectivity index (χ4n) is 0.830. The van der Waals surface area contributed by atoms with Crippen LogP contribution < -0.4 is 5.73 Å². The SMILES string of the molecule is N/C(=N\CO)c1ccccc1Cl. The number of halogens is 1. The number of benzene rings is 1. The van der Waals surface area contributed by atoms with Gasteiger partial charge in [0.2, 0.25) is 0 Å². The van der Waals surface area contributed by atoms with Crippen LogP contribution >= 0.6 is 11.6 Å². The summed E-state index contributed by atoms with van der Waals surface area (Å²) in [7, 11) is 0. The van der Waals surface area contributed by atoms with Crippen molar-refractivity contribution in [2.24, 2.45) is 10.7 Å². The fourth-order valence-corrected chi connectivity index (χ4v) is 1.06. The Morgan fingerprint density at radius 3 is 2.75 bits per heavy atom. The first kappa shape index (κ1) is 9.03. The Bertz CT molecular complexity index is 299. The van der Waals surface area contributed by atoms with Crippen LogP contribution in [0.1, 0.15) is 5.56 Å². The molecular formula is C8H9ClN2O. The van der Waals surface area contributed by atoms with Crippen LogP contribution in [0.2, 0.25) is 5.02 Å². The Morgan fingerprint density at radius 2 is 2.17 bits per heavy atom. The van der Waals surface area contributed by atoms with E-state index in [4.69, 9.17) is 22.4 Å². The molecule has 64 valence electrons. The van der Waals surface area contributed by atoms with Gasteiger partial charge in [-0.15, -0.1) is 0 Å². The predicted molar refractivity (Wildman–Crippen MR) is 49.3 cm³/mol. The molecule has 0 aliphatic rings. The number of hydrogen-bond donors (Lipinski definition) is 2. The Morgan fingerprint density at radius 1 is 1.50 bits per heavy atom. The van der Waals surface area contributed by atoms with Gasteiger partial charge in [0.05, 0.1) is 5.02 Å². The van der Waals surface area contributed by atoms with Crippen molar-refractivity contribution in [3.63, 3.8) is 0 Å². The van der Waals surface area contributed by atoms with Crippen molar-refractivity contribution >= 4 is 17.4 Å². The first-order valence-corrected chi connectivity index (χ1v) is 3.79. The molecule has 0 saturated heterocycles. The van der Waals surface area contributed by atoms with E-state index in [0.29, 0.717) is 10.6 Å². The second-order valence-electron chi connectivity index (χ2n) is 2.16. The normalized spacial score (nSPS) is 11.7. The van der Waals surface area contributed by atoms with Crippen molar-refractivity contribution < 1.29 is 5.11 Å². The standard InChI is InChI=1S/C8H9ClN2O/c9-7-4-2-1-3-6(7)8(10)11-5-12/h1-4,12H,5H2,(H2,10,11). The average molecular weight is 185 g/mol. The summed E-state index contributed by atoms with van der Waals surface area (Å²) in [6, 6.07) is 7.08. The molecule has 0 amide bonds. The Labute approximate surface area is 75.5 Å². The molecule has 0 saturated carbocycles. The molecule has 1 rings (SSSR count). The zero-order chi connectivity index (χ0) is 8.97. The van der Waals surface area contributed by atoms with E-state index in [1.54, 1.807) is 24.3 Å². The molecule has 0 heterocycles. The summed E-state index contributed by atoms with van der Waals surface area (Å²) in [5.41, 5.74) is 6.16. The number of hydrogen-bond acceptors (Lipinski definition) is 2. The molecule has 0 spiro atoms. The fraction of sp³-hybridized carbons (Fsp3) is 0.125. The molecule has 3 N–H and O–H groups in total. The van der Waals surface area contributed by atoms with Gasteiger partial charge in [-0.1, -0.05) is 23.7 Å². The number of rotatable bonds is 2. The molecule has 4 heteroatoms. The van der Waals surface area contributed by atoms with Crippen molar-refractivity contribution in [3.05, 3.63) is 34.9 Å². The maximum Gasteiger partial charge on any atom is 0.136 e. The summed E-state index contributed by atoms with van der Waals surface area (Å²) < 4.78 is 0.